The highest BCUT2D eigenvalue weighted by Crippen LogP contribution is 2.37. The summed E-state index contributed by atoms with van der Waals surface area (Å²) in [6, 6.07) is 12.7. The minimum atomic E-state index is -1.09. The molecule has 2 aromatic carbocycles. The Hall–Kier alpha value is -3.85. The van der Waals surface area contributed by atoms with E-state index < -0.39 is 21.9 Å². The van der Waals surface area contributed by atoms with Gasteiger partial charge in [-0.15, -0.1) is 0 Å². The lowest BCUT2D eigenvalue weighted by atomic mass is 10.1. The lowest BCUT2D eigenvalue weighted by Gasteiger charge is -2.13. The zero-order valence-electron chi connectivity index (χ0n) is 15.7. The Labute approximate surface area is 174 Å². The van der Waals surface area contributed by atoms with Crippen LogP contribution >= 0.6 is 11.6 Å². The summed E-state index contributed by atoms with van der Waals surface area (Å²) in [5.41, 5.74) is -1.50. The van der Waals surface area contributed by atoms with E-state index in [0.717, 1.165) is 5.56 Å². The van der Waals surface area contributed by atoms with E-state index in [1.807, 2.05) is 35.3 Å². The quantitative estimate of drug-likeness (QED) is 0.437. The number of nitro groups is 1. The van der Waals surface area contributed by atoms with Gasteiger partial charge in [0.05, 0.1) is 17.1 Å². The van der Waals surface area contributed by atoms with Gasteiger partial charge in [-0.05, 0) is 29.3 Å². The summed E-state index contributed by atoms with van der Waals surface area (Å²) in [6.07, 6.45) is 2.69. The summed E-state index contributed by atoms with van der Waals surface area (Å²) >= 11 is 6.33. The number of hydrogen-bond donors (Lipinski definition) is 2. The Morgan fingerprint density at radius 1 is 1.13 bits per heavy atom. The van der Waals surface area contributed by atoms with Crippen LogP contribution in [0.2, 0.25) is 5.02 Å². The number of ether oxygens (including phenoxy) is 2. The second kappa shape index (κ2) is 9.10. The largest absolute Gasteiger partial charge is 0.493 e. The van der Waals surface area contributed by atoms with Crippen LogP contribution in [0.4, 0.5) is 5.69 Å². The fourth-order valence-electron chi connectivity index (χ4n) is 2.68. The monoisotopic (exact) mass is 429 g/mol. The first kappa shape index (κ1) is 20.9. The van der Waals surface area contributed by atoms with E-state index in [1.54, 1.807) is 12.1 Å². The van der Waals surface area contributed by atoms with Crippen molar-refractivity contribution in [3.05, 3.63) is 95.3 Å². The molecule has 0 saturated heterocycles. The molecule has 0 spiro atoms. The lowest BCUT2D eigenvalue weighted by molar-refractivity contribution is -0.386. The van der Waals surface area contributed by atoms with Gasteiger partial charge in [0.25, 0.3) is 0 Å². The van der Waals surface area contributed by atoms with Gasteiger partial charge in [0.1, 0.15) is 12.3 Å². The highest BCUT2D eigenvalue weighted by Gasteiger charge is 2.19. The molecule has 0 saturated carbocycles. The molecule has 0 atom stereocenters. The molecular formula is C20H16ClN3O6. The summed E-state index contributed by atoms with van der Waals surface area (Å²) in [6.45, 7) is 0.284. The van der Waals surface area contributed by atoms with Gasteiger partial charge in [-0.2, -0.15) is 0 Å². The first-order valence-corrected chi connectivity index (χ1v) is 9.00. The molecule has 30 heavy (non-hydrogen) atoms. The van der Waals surface area contributed by atoms with E-state index in [-0.39, 0.29) is 17.3 Å². The van der Waals surface area contributed by atoms with Gasteiger partial charge < -0.3 is 14.5 Å². The van der Waals surface area contributed by atoms with Crippen LogP contribution in [0.5, 0.6) is 11.5 Å². The Kier molecular flexibility index (Phi) is 6.33. The highest BCUT2D eigenvalue weighted by atomic mass is 35.5. The fraction of sp³-hybridized carbons (Fsp3) is 0.100. The van der Waals surface area contributed by atoms with Crippen LogP contribution in [0.3, 0.4) is 0 Å². The van der Waals surface area contributed by atoms with Crippen LogP contribution in [-0.2, 0) is 6.61 Å². The molecule has 0 unspecified atom stereocenters. The second-order valence-electron chi connectivity index (χ2n) is 6.07. The molecule has 3 rings (SSSR count). The SMILES string of the molecule is COc1cc(/C=C/c2[nH]c(=O)[nH]c(=O)c2[N+](=O)[O-])cc(Cl)c1OCc1ccccc1. The standard InChI is InChI=1S/C20H16ClN3O6/c1-29-16-10-13(7-8-15-17(24(27)28)19(25)23-20(26)22-15)9-14(21)18(16)30-11-12-5-3-2-4-6-12/h2-10H,11H2,1H3,(H2,22,23,25,26)/b8-7+. The van der Waals surface area contributed by atoms with Gasteiger partial charge >= 0.3 is 16.9 Å². The molecule has 0 aliphatic rings. The molecule has 2 N–H and O–H groups in total. The van der Waals surface area contributed by atoms with E-state index >= 15 is 0 Å². The summed E-state index contributed by atoms with van der Waals surface area (Å²) in [7, 11) is 1.45. The molecule has 10 heteroatoms. The van der Waals surface area contributed by atoms with Gasteiger partial charge in [0.2, 0.25) is 0 Å². The number of H-pyrrole nitrogens is 2. The number of aromatic amines is 2. The van der Waals surface area contributed by atoms with Crippen molar-refractivity contribution in [2.24, 2.45) is 0 Å². The zero-order chi connectivity index (χ0) is 21.7. The number of aromatic nitrogens is 2. The minimum Gasteiger partial charge on any atom is -0.493 e. The van der Waals surface area contributed by atoms with Crippen molar-refractivity contribution in [1.82, 2.24) is 9.97 Å². The predicted octanol–water partition coefficient (Wildman–Crippen LogP) is 3.38. The van der Waals surface area contributed by atoms with Gasteiger partial charge in [-0.1, -0.05) is 48.0 Å². The van der Waals surface area contributed by atoms with Crippen molar-refractivity contribution in [1.29, 1.82) is 0 Å². The fourth-order valence-corrected chi connectivity index (χ4v) is 2.96. The van der Waals surface area contributed by atoms with Crippen LogP contribution in [-0.4, -0.2) is 22.0 Å². The number of benzene rings is 2. The minimum absolute atomic E-state index is 0.242. The highest BCUT2D eigenvalue weighted by molar-refractivity contribution is 6.32. The van der Waals surface area contributed by atoms with Gasteiger partial charge in [0.15, 0.2) is 11.5 Å². The van der Waals surface area contributed by atoms with E-state index in [0.29, 0.717) is 17.1 Å². The average Bonchev–Trinajstić information content (AvgIpc) is 2.71. The Morgan fingerprint density at radius 3 is 2.53 bits per heavy atom. The van der Waals surface area contributed by atoms with Crippen LogP contribution in [0, 0.1) is 10.1 Å². The Bertz CT molecular complexity index is 1220. The van der Waals surface area contributed by atoms with Crippen LogP contribution in [0.1, 0.15) is 16.8 Å². The number of methoxy groups -OCH3 is 1. The smallest absolute Gasteiger partial charge is 0.357 e. The summed E-state index contributed by atoms with van der Waals surface area (Å²) in [5, 5.41) is 11.4. The van der Waals surface area contributed by atoms with Crippen molar-refractivity contribution in [3.8, 4) is 11.5 Å². The van der Waals surface area contributed by atoms with Crippen LogP contribution in [0.15, 0.2) is 52.1 Å². The molecule has 0 radical (unpaired) electrons. The molecule has 0 aliphatic heterocycles. The number of nitrogens with one attached hydrogen (secondary N) is 2. The Morgan fingerprint density at radius 2 is 1.87 bits per heavy atom. The molecule has 9 nitrogen and oxygen atoms in total. The number of hydrogen-bond acceptors (Lipinski definition) is 6. The third kappa shape index (κ3) is 4.76. The third-order valence-electron chi connectivity index (χ3n) is 4.05. The van der Waals surface area contributed by atoms with Gasteiger partial charge in [-0.25, -0.2) is 4.79 Å². The van der Waals surface area contributed by atoms with Crippen molar-refractivity contribution in [2.45, 2.75) is 6.61 Å². The molecule has 154 valence electrons. The third-order valence-corrected chi connectivity index (χ3v) is 4.33. The first-order valence-electron chi connectivity index (χ1n) is 8.62. The van der Waals surface area contributed by atoms with Crippen molar-refractivity contribution in [3.63, 3.8) is 0 Å². The topological polar surface area (TPSA) is 127 Å². The van der Waals surface area contributed by atoms with E-state index in [1.165, 1.54) is 19.3 Å². The molecule has 0 aliphatic carbocycles. The zero-order valence-corrected chi connectivity index (χ0v) is 16.4. The van der Waals surface area contributed by atoms with E-state index in [4.69, 9.17) is 21.1 Å². The first-order chi connectivity index (χ1) is 14.4. The maximum Gasteiger partial charge on any atom is 0.357 e. The Balaban J connectivity index is 1.91. The predicted molar refractivity (Wildman–Crippen MR) is 112 cm³/mol. The molecule has 0 amide bonds. The maximum atomic E-state index is 11.7. The number of halogens is 1. The lowest BCUT2D eigenvalue weighted by Crippen LogP contribution is -2.25. The van der Waals surface area contributed by atoms with Crippen molar-refractivity contribution >= 4 is 29.4 Å². The molecule has 1 heterocycles. The molecule has 3 aromatic rings. The van der Waals surface area contributed by atoms with Crippen molar-refractivity contribution in [2.75, 3.05) is 7.11 Å². The number of nitrogens with zero attached hydrogens (tertiary/aromatic N) is 1. The normalized spacial score (nSPS) is 10.9. The molecule has 0 bridgehead atoms. The second-order valence-corrected chi connectivity index (χ2v) is 6.48. The van der Waals surface area contributed by atoms with Gasteiger partial charge in [0, 0.05) is 0 Å². The summed E-state index contributed by atoms with van der Waals surface area (Å²) in [4.78, 5) is 37.5. The van der Waals surface area contributed by atoms with Crippen LogP contribution < -0.4 is 20.7 Å². The molecule has 1 aromatic heterocycles. The van der Waals surface area contributed by atoms with E-state index in [2.05, 4.69) is 4.98 Å². The number of rotatable bonds is 7. The summed E-state index contributed by atoms with van der Waals surface area (Å²) in [5.74, 6) is 0.697. The van der Waals surface area contributed by atoms with E-state index in [9.17, 15) is 19.7 Å². The van der Waals surface area contributed by atoms with Gasteiger partial charge in [-0.3, -0.25) is 19.9 Å². The summed E-state index contributed by atoms with van der Waals surface area (Å²) < 4.78 is 11.1. The van der Waals surface area contributed by atoms with Crippen LogP contribution in [0.25, 0.3) is 12.2 Å². The molecular weight excluding hydrogens is 414 g/mol. The average molecular weight is 430 g/mol. The van der Waals surface area contributed by atoms with Crippen molar-refractivity contribution < 1.29 is 14.4 Å². The maximum absolute atomic E-state index is 11.7. The molecule has 0 fully saturated rings.